The minimum Gasteiger partial charge on any atom is -0.371 e. The highest BCUT2D eigenvalue weighted by Crippen LogP contribution is 2.30. The Balaban J connectivity index is 1.73. The Bertz CT molecular complexity index is 429. The highest BCUT2D eigenvalue weighted by molar-refractivity contribution is 5.55. The van der Waals surface area contributed by atoms with Gasteiger partial charge in [0.15, 0.2) is 0 Å². The number of anilines is 1. The zero-order valence-electron chi connectivity index (χ0n) is 12.8. The van der Waals surface area contributed by atoms with Crippen LogP contribution in [0.2, 0.25) is 0 Å². The van der Waals surface area contributed by atoms with Crippen molar-refractivity contribution in [3.8, 4) is 0 Å². The number of hydrogen-bond acceptors (Lipinski definition) is 2. The molecule has 0 radical (unpaired) electrons. The fraction of sp³-hybridized carbons (Fsp3) is 0.667. The number of aryl methyl sites for hydroxylation is 1. The summed E-state index contributed by atoms with van der Waals surface area (Å²) >= 11 is 0. The summed E-state index contributed by atoms with van der Waals surface area (Å²) in [5, 5.41) is 3.58. The van der Waals surface area contributed by atoms with Crippen molar-refractivity contribution in [2.75, 3.05) is 25.0 Å². The zero-order valence-corrected chi connectivity index (χ0v) is 12.8. The van der Waals surface area contributed by atoms with E-state index in [0.29, 0.717) is 6.04 Å². The highest BCUT2D eigenvalue weighted by Gasteiger charge is 2.26. The predicted molar refractivity (Wildman–Crippen MR) is 86.4 cm³/mol. The average Bonchev–Trinajstić information content (AvgIpc) is 2.72. The standard InChI is InChI=1S/C18H28N2/c1-19-17-11-4-2-3-9-16(17)14-20-13-7-10-15-8-5-6-12-18(15)20/h5-6,8,12,16-17,19H,2-4,7,9-11,13-14H2,1H3. The number of hydrogen-bond donors (Lipinski definition) is 1. The van der Waals surface area contributed by atoms with Crippen LogP contribution in [0, 0.1) is 5.92 Å². The third-order valence-corrected chi connectivity index (χ3v) is 5.19. The number of para-hydroxylation sites is 1. The molecular formula is C18H28N2. The van der Waals surface area contributed by atoms with Crippen LogP contribution < -0.4 is 10.2 Å². The van der Waals surface area contributed by atoms with Crippen molar-refractivity contribution in [1.29, 1.82) is 0 Å². The first-order valence-corrected chi connectivity index (χ1v) is 8.38. The summed E-state index contributed by atoms with van der Waals surface area (Å²) in [7, 11) is 2.15. The van der Waals surface area contributed by atoms with E-state index in [1.807, 2.05) is 0 Å². The van der Waals surface area contributed by atoms with Gasteiger partial charge in [0.2, 0.25) is 0 Å². The maximum atomic E-state index is 3.58. The maximum absolute atomic E-state index is 3.58. The largest absolute Gasteiger partial charge is 0.371 e. The highest BCUT2D eigenvalue weighted by atomic mass is 15.1. The number of nitrogens with one attached hydrogen (secondary N) is 1. The van der Waals surface area contributed by atoms with Gasteiger partial charge >= 0.3 is 0 Å². The van der Waals surface area contributed by atoms with Crippen LogP contribution in [0.1, 0.15) is 44.1 Å². The second-order valence-electron chi connectivity index (χ2n) is 6.47. The van der Waals surface area contributed by atoms with Crippen LogP contribution in [0.15, 0.2) is 24.3 Å². The van der Waals surface area contributed by atoms with Crippen LogP contribution in [0.3, 0.4) is 0 Å². The molecule has 1 aromatic carbocycles. The SMILES string of the molecule is CNC1CCCCCC1CN1CCCc2ccccc21. The van der Waals surface area contributed by atoms with Crippen molar-refractivity contribution in [3.63, 3.8) is 0 Å². The monoisotopic (exact) mass is 272 g/mol. The molecule has 1 fully saturated rings. The molecule has 2 nitrogen and oxygen atoms in total. The summed E-state index contributed by atoms with van der Waals surface area (Å²) in [6.45, 7) is 2.48. The Morgan fingerprint density at radius 1 is 1.10 bits per heavy atom. The summed E-state index contributed by atoms with van der Waals surface area (Å²) in [6.07, 6.45) is 9.56. The van der Waals surface area contributed by atoms with Gasteiger partial charge in [0, 0.05) is 24.8 Å². The predicted octanol–water partition coefficient (Wildman–Crippen LogP) is 3.61. The smallest absolute Gasteiger partial charge is 0.0398 e. The maximum Gasteiger partial charge on any atom is 0.0398 e. The van der Waals surface area contributed by atoms with Gasteiger partial charge < -0.3 is 10.2 Å². The number of benzene rings is 1. The van der Waals surface area contributed by atoms with Crippen LogP contribution >= 0.6 is 0 Å². The van der Waals surface area contributed by atoms with E-state index in [1.165, 1.54) is 63.7 Å². The van der Waals surface area contributed by atoms with E-state index in [0.717, 1.165) is 5.92 Å². The molecule has 110 valence electrons. The molecule has 2 atom stereocenters. The van der Waals surface area contributed by atoms with E-state index in [4.69, 9.17) is 0 Å². The second kappa shape index (κ2) is 6.62. The first-order valence-electron chi connectivity index (χ1n) is 8.38. The molecule has 1 aliphatic carbocycles. The molecule has 0 bridgehead atoms. The summed E-state index contributed by atoms with van der Waals surface area (Å²) in [6, 6.07) is 9.72. The minimum atomic E-state index is 0.714. The Morgan fingerprint density at radius 3 is 2.85 bits per heavy atom. The molecule has 1 aliphatic heterocycles. The average molecular weight is 272 g/mol. The number of nitrogens with zero attached hydrogens (tertiary/aromatic N) is 1. The Kier molecular flexibility index (Phi) is 4.62. The van der Waals surface area contributed by atoms with Crippen LogP contribution in [-0.4, -0.2) is 26.2 Å². The normalized spacial score (nSPS) is 26.9. The Morgan fingerprint density at radius 2 is 1.95 bits per heavy atom. The van der Waals surface area contributed by atoms with E-state index >= 15 is 0 Å². The lowest BCUT2D eigenvalue weighted by Gasteiger charge is -2.36. The van der Waals surface area contributed by atoms with Gasteiger partial charge in [0.25, 0.3) is 0 Å². The quantitative estimate of drug-likeness (QED) is 0.846. The zero-order chi connectivity index (χ0) is 13.8. The van der Waals surface area contributed by atoms with Gasteiger partial charge in [0.1, 0.15) is 0 Å². The number of rotatable bonds is 3. The van der Waals surface area contributed by atoms with Gasteiger partial charge in [-0.2, -0.15) is 0 Å². The third kappa shape index (κ3) is 3.01. The Labute approximate surface area is 123 Å². The molecule has 1 heterocycles. The van der Waals surface area contributed by atoms with Gasteiger partial charge in [-0.05, 0) is 50.3 Å². The minimum absolute atomic E-state index is 0.714. The molecule has 0 aromatic heterocycles. The van der Waals surface area contributed by atoms with E-state index in [-0.39, 0.29) is 0 Å². The molecular weight excluding hydrogens is 244 g/mol. The van der Waals surface area contributed by atoms with Crippen molar-refractivity contribution in [1.82, 2.24) is 5.32 Å². The van der Waals surface area contributed by atoms with Gasteiger partial charge in [-0.1, -0.05) is 37.5 Å². The fourth-order valence-corrected chi connectivity index (χ4v) is 4.07. The molecule has 3 rings (SSSR count). The first-order chi connectivity index (χ1) is 9.88. The lowest BCUT2D eigenvalue weighted by molar-refractivity contribution is 0.350. The van der Waals surface area contributed by atoms with Gasteiger partial charge in [-0.25, -0.2) is 0 Å². The summed E-state index contributed by atoms with van der Waals surface area (Å²) in [4.78, 5) is 2.65. The third-order valence-electron chi connectivity index (χ3n) is 5.19. The molecule has 2 aliphatic rings. The van der Waals surface area contributed by atoms with Crippen LogP contribution in [0.5, 0.6) is 0 Å². The fourth-order valence-electron chi connectivity index (χ4n) is 4.07. The van der Waals surface area contributed by atoms with E-state index in [9.17, 15) is 0 Å². The van der Waals surface area contributed by atoms with Crippen molar-refractivity contribution in [2.24, 2.45) is 5.92 Å². The van der Waals surface area contributed by atoms with Crippen LogP contribution in [0.4, 0.5) is 5.69 Å². The molecule has 0 amide bonds. The lowest BCUT2D eigenvalue weighted by Crippen LogP contribution is -2.42. The molecule has 20 heavy (non-hydrogen) atoms. The first kappa shape index (κ1) is 13.9. The molecule has 1 N–H and O–H groups in total. The van der Waals surface area contributed by atoms with E-state index in [1.54, 1.807) is 5.56 Å². The molecule has 2 heteroatoms. The molecule has 1 aromatic rings. The number of fused-ring (bicyclic) bond motifs is 1. The van der Waals surface area contributed by atoms with Gasteiger partial charge in [-0.15, -0.1) is 0 Å². The second-order valence-corrected chi connectivity index (χ2v) is 6.47. The summed E-state index contributed by atoms with van der Waals surface area (Å²) < 4.78 is 0. The van der Waals surface area contributed by atoms with Crippen LogP contribution in [-0.2, 0) is 6.42 Å². The molecule has 1 saturated carbocycles. The van der Waals surface area contributed by atoms with Crippen molar-refractivity contribution < 1.29 is 0 Å². The van der Waals surface area contributed by atoms with Gasteiger partial charge in [0.05, 0.1) is 0 Å². The molecule has 0 saturated heterocycles. The van der Waals surface area contributed by atoms with Crippen LogP contribution in [0.25, 0.3) is 0 Å². The van der Waals surface area contributed by atoms with Crippen molar-refractivity contribution in [3.05, 3.63) is 29.8 Å². The lowest BCUT2D eigenvalue weighted by atomic mass is 9.92. The Hall–Kier alpha value is -1.02. The van der Waals surface area contributed by atoms with E-state index in [2.05, 4.69) is 41.5 Å². The summed E-state index contributed by atoms with van der Waals surface area (Å²) in [5.74, 6) is 0.814. The topological polar surface area (TPSA) is 15.3 Å². The molecule has 0 spiro atoms. The summed E-state index contributed by atoms with van der Waals surface area (Å²) in [5.41, 5.74) is 3.05. The molecule has 2 unspecified atom stereocenters. The van der Waals surface area contributed by atoms with E-state index < -0.39 is 0 Å². The van der Waals surface area contributed by atoms with Crippen molar-refractivity contribution >= 4 is 5.69 Å². The van der Waals surface area contributed by atoms with Crippen molar-refractivity contribution in [2.45, 2.75) is 51.0 Å². The van der Waals surface area contributed by atoms with Gasteiger partial charge in [-0.3, -0.25) is 0 Å².